The molecule has 0 spiro atoms. The fourth-order valence-electron chi connectivity index (χ4n) is 2.10. The van der Waals surface area contributed by atoms with Gasteiger partial charge in [-0.2, -0.15) is 9.97 Å². The van der Waals surface area contributed by atoms with Gasteiger partial charge in [-0.05, 0) is 12.1 Å². The lowest BCUT2D eigenvalue weighted by Crippen LogP contribution is -2.02. The van der Waals surface area contributed by atoms with E-state index in [1.807, 2.05) is 24.3 Å². The summed E-state index contributed by atoms with van der Waals surface area (Å²) >= 11 is 6.13. The van der Waals surface area contributed by atoms with Crippen LogP contribution >= 0.6 is 11.6 Å². The highest BCUT2D eigenvalue weighted by atomic mass is 35.5. The maximum atomic E-state index is 6.13. The highest BCUT2D eigenvalue weighted by Crippen LogP contribution is 2.31. The van der Waals surface area contributed by atoms with Crippen LogP contribution in [0.4, 0.5) is 17.5 Å². The first kappa shape index (κ1) is 13.5. The molecule has 7 heteroatoms. The van der Waals surface area contributed by atoms with Crippen LogP contribution in [0.1, 0.15) is 0 Å². The molecule has 0 amide bonds. The molecule has 0 aliphatic heterocycles. The quantitative estimate of drug-likeness (QED) is 0.689. The summed E-state index contributed by atoms with van der Waals surface area (Å²) < 4.78 is 5.30. The van der Waals surface area contributed by atoms with Gasteiger partial charge in [0.05, 0.1) is 23.2 Å². The molecular formula is C14H14ClN5O. The van der Waals surface area contributed by atoms with Gasteiger partial charge in [0.1, 0.15) is 17.2 Å². The second-order valence-electron chi connectivity index (χ2n) is 4.33. The number of hydrogen-bond donors (Lipinski definition) is 3. The number of nitrogens with one attached hydrogen (secondary N) is 3. The van der Waals surface area contributed by atoms with Crippen LogP contribution in [0.25, 0.3) is 11.0 Å². The molecule has 0 saturated heterocycles. The van der Waals surface area contributed by atoms with Gasteiger partial charge in [0.2, 0.25) is 5.95 Å². The molecule has 108 valence electrons. The molecule has 0 atom stereocenters. The molecule has 0 fully saturated rings. The first-order valence-corrected chi connectivity index (χ1v) is 6.73. The fourth-order valence-corrected chi connectivity index (χ4v) is 2.33. The standard InChI is InChI=1S/C14H14ClN5O/c1-16-12-11-8(15)7-17-13(11)20-14(19-12)18-9-5-3-4-6-10(9)21-2/h3-7H,1-2H3,(H3,16,17,18,19,20). The molecule has 0 radical (unpaired) electrons. The van der Waals surface area contributed by atoms with Crippen LogP contribution in [0.15, 0.2) is 30.5 Å². The average molecular weight is 304 g/mol. The molecule has 0 bridgehead atoms. The molecular weight excluding hydrogens is 290 g/mol. The lowest BCUT2D eigenvalue weighted by Gasteiger charge is -2.11. The van der Waals surface area contributed by atoms with Gasteiger partial charge in [-0.3, -0.25) is 0 Å². The van der Waals surface area contributed by atoms with Gasteiger partial charge in [-0.1, -0.05) is 23.7 Å². The topological polar surface area (TPSA) is 74.9 Å². The van der Waals surface area contributed by atoms with Crippen molar-refractivity contribution < 1.29 is 4.74 Å². The monoisotopic (exact) mass is 303 g/mol. The zero-order valence-electron chi connectivity index (χ0n) is 11.6. The van der Waals surface area contributed by atoms with Crippen LogP contribution in [0.5, 0.6) is 5.75 Å². The zero-order valence-corrected chi connectivity index (χ0v) is 12.3. The second kappa shape index (κ2) is 5.49. The van der Waals surface area contributed by atoms with Crippen molar-refractivity contribution in [2.45, 2.75) is 0 Å². The van der Waals surface area contributed by atoms with Crippen LogP contribution < -0.4 is 15.4 Å². The Bertz CT molecular complexity index is 786. The van der Waals surface area contributed by atoms with Crippen LogP contribution in [0.3, 0.4) is 0 Å². The summed E-state index contributed by atoms with van der Waals surface area (Å²) in [6.45, 7) is 0. The fraction of sp³-hybridized carbons (Fsp3) is 0.143. The van der Waals surface area contributed by atoms with Crippen molar-refractivity contribution in [3.8, 4) is 5.75 Å². The van der Waals surface area contributed by atoms with Crippen molar-refractivity contribution >= 4 is 40.1 Å². The highest BCUT2D eigenvalue weighted by molar-refractivity contribution is 6.36. The minimum Gasteiger partial charge on any atom is -0.495 e. The van der Waals surface area contributed by atoms with Crippen LogP contribution in [0, 0.1) is 0 Å². The summed E-state index contributed by atoms with van der Waals surface area (Å²) in [5.41, 5.74) is 1.45. The lowest BCUT2D eigenvalue weighted by molar-refractivity contribution is 0.417. The molecule has 6 nitrogen and oxygen atoms in total. The number of fused-ring (bicyclic) bond motifs is 1. The average Bonchev–Trinajstić information content (AvgIpc) is 2.88. The molecule has 2 heterocycles. The van der Waals surface area contributed by atoms with Crippen molar-refractivity contribution in [2.24, 2.45) is 0 Å². The van der Waals surface area contributed by atoms with Crippen molar-refractivity contribution in [1.29, 1.82) is 0 Å². The van der Waals surface area contributed by atoms with Gasteiger partial charge < -0.3 is 20.4 Å². The minimum atomic E-state index is 0.454. The summed E-state index contributed by atoms with van der Waals surface area (Å²) in [6.07, 6.45) is 1.69. The first-order chi connectivity index (χ1) is 10.2. The van der Waals surface area contributed by atoms with Crippen molar-refractivity contribution in [1.82, 2.24) is 15.0 Å². The van der Waals surface area contributed by atoms with Crippen molar-refractivity contribution in [3.05, 3.63) is 35.5 Å². The molecule has 21 heavy (non-hydrogen) atoms. The molecule has 3 aromatic rings. The Morgan fingerprint density at radius 3 is 2.81 bits per heavy atom. The summed E-state index contributed by atoms with van der Waals surface area (Å²) in [5.74, 6) is 1.83. The largest absolute Gasteiger partial charge is 0.495 e. The van der Waals surface area contributed by atoms with Crippen molar-refractivity contribution in [3.63, 3.8) is 0 Å². The van der Waals surface area contributed by atoms with E-state index in [1.165, 1.54) is 0 Å². The van der Waals surface area contributed by atoms with Gasteiger partial charge >= 0.3 is 0 Å². The molecule has 3 N–H and O–H groups in total. The van der Waals surface area contributed by atoms with E-state index in [0.29, 0.717) is 22.4 Å². The third-order valence-corrected chi connectivity index (χ3v) is 3.37. The summed E-state index contributed by atoms with van der Waals surface area (Å²) in [7, 11) is 3.41. The predicted molar refractivity (Wildman–Crippen MR) is 84.7 cm³/mol. The molecule has 0 unspecified atom stereocenters. The predicted octanol–water partition coefficient (Wildman–Crippen LogP) is 3.41. The number of rotatable bonds is 4. The number of H-pyrrole nitrogens is 1. The number of methoxy groups -OCH3 is 1. The smallest absolute Gasteiger partial charge is 0.231 e. The number of ether oxygens (including phenoxy) is 1. The maximum absolute atomic E-state index is 6.13. The SMILES string of the molecule is CNc1nc(Nc2ccccc2OC)nc2[nH]cc(Cl)c12. The Hall–Kier alpha value is -2.47. The van der Waals surface area contributed by atoms with E-state index in [1.54, 1.807) is 20.4 Å². The Labute approximate surface area is 126 Å². The normalized spacial score (nSPS) is 10.6. The van der Waals surface area contributed by atoms with Gasteiger partial charge in [0, 0.05) is 13.2 Å². The maximum Gasteiger partial charge on any atom is 0.231 e. The Balaban J connectivity index is 2.05. The van der Waals surface area contributed by atoms with Gasteiger partial charge in [0.25, 0.3) is 0 Å². The number of nitrogens with zero attached hydrogens (tertiary/aromatic N) is 2. The van der Waals surface area contributed by atoms with Gasteiger partial charge in [0.15, 0.2) is 0 Å². The molecule has 0 aliphatic rings. The van der Waals surface area contributed by atoms with E-state index in [-0.39, 0.29) is 0 Å². The van der Waals surface area contributed by atoms with E-state index >= 15 is 0 Å². The zero-order chi connectivity index (χ0) is 14.8. The third kappa shape index (κ3) is 2.45. The molecule has 0 saturated carbocycles. The Morgan fingerprint density at radius 2 is 2.05 bits per heavy atom. The van der Waals surface area contributed by atoms with Gasteiger partial charge in [-0.15, -0.1) is 0 Å². The number of aromatic amines is 1. The van der Waals surface area contributed by atoms with Gasteiger partial charge in [-0.25, -0.2) is 0 Å². The lowest BCUT2D eigenvalue weighted by atomic mass is 10.3. The number of para-hydroxylation sites is 2. The first-order valence-electron chi connectivity index (χ1n) is 6.35. The molecule has 3 rings (SSSR count). The van der Waals surface area contributed by atoms with Crippen LogP contribution in [0.2, 0.25) is 5.02 Å². The summed E-state index contributed by atoms with van der Waals surface area (Å²) in [6, 6.07) is 7.57. The minimum absolute atomic E-state index is 0.454. The molecule has 2 aromatic heterocycles. The second-order valence-corrected chi connectivity index (χ2v) is 4.74. The number of aromatic nitrogens is 3. The molecule has 1 aromatic carbocycles. The van der Waals surface area contributed by atoms with E-state index in [4.69, 9.17) is 16.3 Å². The number of hydrogen-bond acceptors (Lipinski definition) is 5. The number of halogens is 1. The van der Waals surface area contributed by atoms with E-state index in [9.17, 15) is 0 Å². The highest BCUT2D eigenvalue weighted by Gasteiger charge is 2.12. The van der Waals surface area contributed by atoms with Crippen LogP contribution in [-0.2, 0) is 0 Å². The van der Waals surface area contributed by atoms with E-state index in [0.717, 1.165) is 16.8 Å². The summed E-state index contributed by atoms with van der Waals surface area (Å²) in [5, 5.41) is 7.52. The van der Waals surface area contributed by atoms with Crippen molar-refractivity contribution in [2.75, 3.05) is 24.8 Å². The Kier molecular flexibility index (Phi) is 3.53. The number of benzene rings is 1. The molecule has 0 aliphatic carbocycles. The third-order valence-electron chi connectivity index (χ3n) is 3.07. The summed E-state index contributed by atoms with van der Waals surface area (Å²) in [4.78, 5) is 11.9. The van der Waals surface area contributed by atoms with Crippen LogP contribution in [-0.4, -0.2) is 29.1 Å². The Morgan fingerprint density at radius 1 is 1.24 bits per heavy atom. The van der Waals surface area contributed by atoms with E-state index < -0.39 is 0 Å². The van der Waals surface area contributed by atoms with E-state index in [2.05, 4.69) is 25.6 Å². The number of anilines is 3.